The molecule has 0 fully saturated rings. The van der Waals surface area contributed by atoms with Crippen LogP contribution in [0.3, 0.4) is 0 Å². The first-order valence-electron chi connectivity index (χ1n) is 11.7. The van der Waals surface area contributed by atoms with Gasteiger partial charge in [-0.3, -0.25) is 14.9 Å². The Morgan fingerprint density at radius 1 is 1.05 bits per heavy atom. The molecule has 0 aliphatic heterocycles. The summed E-state index contributed by atoms with van der Waals surface area (Å²) in [6, 6.07) is 21.8. The van der Waals surface area contributed by atoms with Gasteiger partial charge in [0.1, 0.15) is 5.01 Å². The lowest BCUT2D eigenvalue weighted by Gasteiger charge is -2.11. The molecule has 1 aromatic heterocycles. The van der Waals surface area contributed by atoms with E-state index in [1.807, 2.05) is 36.4 Å². The minimum atomic E-state index is -0.367. The Hall–Kier alpha value is -3.93. The maximum absolute atomic E-state index is 12.3. The third-order valence-electron chi connectivity index (χ3n) is 5.05. The molecule has 2 N–H and O–H groups in total. The van der Waals surface area contributed by atoms with Crippen molar-refractivity contribution in [2.45, 2.75) is 11.3 Å². The monoisotopic (exact) mass is 581 g/mol. The molecule has 2 amide bonds. The number of thioether (sulfide) groups is 1. The van der Waals surface area contributed by atoms with Gasteiger partial charge in [0.05, 0.1) is 26.4 Å². The summed E-state index contributed by atoms with van der Waals surface area (Å²) in [6.45, 7) is 0.496. The van der Waals surface area contributed by atoms with Crippen molar-refractivity contribution in [3.8, 4) is 11.5 Å². The van der Waals surface area contributed by atoms with Gasteiger partial charge >= 0.3 is 0 Å². The van der Waals surface area contributed by atoms with Crippen molar-refractivity contribution in [3.63, 3.8) is 0 Å². The molecule has 0 aliphatic carbocycles. The third kappa shape index (κ3) is 8.81. The van der Waals surface area contributed by atoms with Crippen LogP contribution in [0.2, 0.25) is 5.02 Å². The molecule has 3 aromatic carbocycles. The number of benzene rings is 3. The molecule has 9 nitrogen and oxygen atoms in total. The number of ether oxygens (including phenoxy) is 2. The van der Waals surface area contributed by atoms with Crippen molar-refractivity contribution in [2.24, 2.45) is 5.10 Å². The number of rotatable bonds is 12. The van der Waals surface area contributed by atoms with Gasteiger partial charge in [0.2, 0.25) is 11.0 Å². The summed E-state index contributed by atoms with van der Waals surface area (Å²) in [6.07, 6.45) is 1.48. The van der Waals surface area contributed by atoms with Gasteiger partial charge in [-0.25, -0.2) is 5.43 Å². The average molecular weight is 582 g/mol. The zero-order chi connectivity index (χ0) is 27.5. The second-order valence-corrected chi connectivity index (χ2v) is 10.5. The molecule has 0 bridgehead atoms. The van der Waals surface area contributed by atoms with Gasteiger partial charge in [-0.1, -0.05) is 41.1 Å². The first-order valence-corrected chi connectivity index (χ1v) is 13.9. The highest BCUT2D eigenvalue weighted by Crippen LogP contribution is 2.28. The van der Waals surface area contributed by atoms with Crippen LogP contribution in [-0.4, -0.2) is 47.7 Å². The molecular weight excluding hydrogens is 558 g/mol. The van der Waals surface area contributed by atoms with Crippen LogP contribution in [0.1, 0.15) is 20.9 Å². The van der Waals surface area contributed by atoms with Crippen molar-refractivity contribution < 1.29 is 19.1 Å². The molecule has 0 saturated heterocycles. The summed E-state index contributed by atoms with van der Waals surface area (Å²) in [5.74, 6) is 1.27. The SMILES string of the molecule is COc1cc(/C=N\NC(=O)Cc2nnc(NC(=O)c3ccccc3)s2)ccc1OCCSc1ccc(Cl)cc1. The number of hydrogen-bond donors (Lipinski definition) is 2. The quantitative estimate of drug-likeness (QED) is 0.101. The smallest absolute Gasteiger partial charge is 0.257 e. The van der Waals surface area contributed by atoms with Gasteiger partial charge in [0.25, 0.3) is 5.91 Å². The Kier molecular flexibility index (Phi) is 10.3. The fraction of sp³-hybridized carbons (Fsp3) is 0.148. The highest BCUT2D eigenvalue weighted by molar-refractivity contribution is 7.99. The molecule has 1 heterocycles. The Balaban J connectivity index is 1.22. The highest BCUT2D eigenvalue weighted by atomic mass is 35.5. The van der Waals surface area contributed by atoms with Crippen LogP contribution in [0.15, 0.2) is 82.8 Å². The van der Waals surface area contributed by atoms with E-state index in [4.69, 9.17) is 21.1 Å². The van der Waals surface area contributed by atoms with Crippen LogP contribution in [0.25, 0.3) is 0 Å². The zero-order valence-electron chi connectivity index (χ0n) is 20.8. The standard InChI is InChI=1S/C27H24ClN5O4S2/c1-36-23-15-18(7-12-22(23)37-13-14-38-21-10-8-20(28)9-11-21)17-29-31-24(34)16-25-32-33-27(39-25)30-26(35)19-5-3-2-4-6-19/h2-12,15,17H,13-14,16H2,1H3,(H,31,34)(H,30,33,35)/b29-17-. The molecular formula is C27H24ClN5O4S2. The largest absolute Gasteiger partial charge is 0.493 e. The van der Waals surface area contributed by atoms with Crippen molar-refractivity contribution in [2.75, 3.05) is 24.8 Å². The molecule has 0 saturated carbocycles. The Morgan fingerprint density at radius 2 is 1.85 bits per heavy atom. The molecule has 4 aromatic rings. The number of nitrogens with one attached hydrogen (secondary N) is 2. The first kappa shape index (κ1) is 28.1. The summed E-state index contributed by atoms with van der Waals surface area (Å²) < 4.78 is 11.3. The van der Waals surface area contributed by atoms with E-state index >= 15 is 0 Å². The van der Waals surface area contributed by atoms with Gasteiger partial charge < -0.3 is 9.47 Å². The minimum Gasteiger partial charge on any atom is -0.493 e. The van der Waals surface area contributed by atoms with Crippen LogP contribution < -0.4 is 20.2 Å². The van der Waals surface area contributed by atoms with Gasteiger partial charge in [-0.15, -0.1) is 22.0 Å². The van der Waals surface area contributed by atoms with Crippen molar-refractivity contribution >= 4 is 57.9 Å². The molecule has 0 spiro atoms. The molecule has 12 heteroatoms. The average Bonchev–Trinajstić information content (AvgIpc) is 3.39. The van der Waals surface area contributed by atoms with E-state index in [0.29, 0.717) is 38.8 Å². The molecule has 0 atom stereocenters. The van der Waals surface area contributed by atoms with Crippen LogP contribution in [0.5, 0.6) is 11.5 Å². The van der Waals surface area contributed by atoms with Gasteiger partial charge in [-0.05, 0) is 60.2 Å². The van der Waals surface area contributed by atoms with E-state index < -0.39 is 0 Å². The van der Waals surface area contributed by atoms with E-state index in [1.165, 1.54) is 6.21 Å². The number of carbonyl (C=O) groups excluding carboxylic acids is 2. The molecule has 0 aliphatic rings. The fourth-order valence-electron chi connectivity index (χ4n) is 3.22. The lowest BCUT2D eigenvalue weighted by molar-refractivity contribution is -0.120. The number of halogens is 1. The topological polar surface area (TPSA) is 115 Å². The van der Waals surface area contributed by atoms with E-state index in [1.54, 1.807) is 55.3 Å². The molecule has 0 radical (unpaired) electrons. The molecule has 39 heavy (non-hydrogen) atoms. The predicted octanol–water partition coefficient (Wildman–Crippen LogP) is 5.32. The summed E-state index contributed by atoms with van der Waals surface area (Å²) in [5.41, 5.74) is 3.69. The second-order valence-electron chi connectivity index (χ2n) is 7.85. The van der Waals surface area contributed by atoms with Gasteiger partial charge in [0.15, 0.2) is 11.5 Å². The van der Waals surface area contributed by atoms with E-state index in [9.17, 15) is 9.59 Å². The number of anilines is 1. The van der Waals surface area contributed by atoms with E-state index in [2.05, 4.69) is 26.0 Å². The van der Waals surface area contributed by atoms with Gasteiger partial charge in [-0.2, -0.15) is 5.10 Å². The number of aromatic nitrogens is 2. The Labute approximate surface area is 238 Å². The molecule has 200 valence electrons. The summed E-state index contributed by atoms with van der Waals surface area (Å²) in [5, 5.41) is 16.0. The normalized spacial score (nSPS) is 10.8. The maximum atomic E-state index is 12.3. The number of amides is 2. The number of nitrogens with zero attached hydrogens (tertiary/aromatic N) is 3. The predicted molar refractivity (Wildman–Crippen MR) is 154 cm³/mol. The fourth-order valence-corrected chi connectivity index (χ4v) is 4.81. The number of carbonyl (C=O) groups is 2. The van der Waals surface area contributed by atoms with E-state index in [-0.39, 0.29) is 18.2 Å². The number of hydrogen-bond acceptors (Lipinski definition) is 9. The van der Waals surface area contributed by atoms with Crippen LogP contribution in [0.4, 0.5) is 5.13 Å². The van der Waals surface area contributed by atoms with E-state index in [0.717, 1.165) is 27.5 Å². The molecule has 0 unspecified atom stereocenters. The van der Waals surface area contributed by atoms with Crippen molar-refractivity contribution in [3.05, 3.63) is 94.0 Å². The second kappa shape index (κ2) is 14.3. The third-order valence-corrected chi connectivity index (χ3v) is 7.12. The van der Waals surface area contributed by atoms with Gasteiger partial charge in [0, 0.05) is 21.2 Å². The zero-order valence-corrected chi connectivity index (χ0v) is 23.2. The highest BCUT2D eigenvalue weighted by Gasteiger charge is 2.12. The van der Waals surface area contributed by atoms with Crippen molar-refractivity contribution in [1.29, 1.82) is 0 Å². The lowest BCUT2D eigenvalue weighted by Crippen LogP contribution is -2.19. The summed E-state index contributed by atoms with van der Waals surface area (Å²) in [7, 11) is 1.56. The van der Waals surface area contributed by atoms with Crippen molar-refractivity contribution in [1.82, 2.24) is 15.6 Å². The maximum Gasteiger partial charge on any atom is 0.257 e. The van der Waals surface area contributed by atoms with Crippen LogP contribution in [0, 0.1) is 0 Å². The van der Waals surface area contributed by atoms with Crippen LogP contribution >= 0.6 is 34.7 Å². The minimum absolute atomic E-state index is 0.0274. The molecule has 4 rings (SSSR count). The summed E-state index contributed by atoms with van der Waals surface area (Å²) in [4.78, 5) is 25.6. The summed E-state index contributed by atoms with van der Waals surface area (Å²) >= 11 is 8.71. The Bertz CT molecular complexity index is 1430. The first-order chi connectivity index (χ1) is 19.0. The lowest BCUT2D eigenvalue weighted by atomic mass is 10.2. The van der Waals surface area contributed by atoms with Crippen LogP contribution in [-0.2, 0) is 11.2 Å². The number of hydrazone groups is 1. The Morgan fingerprint density at radius 3 is 2.62 bits per heavy atom. The number of methoxy groups -OCH3 is 1.